The Morgan fingerprint density at radius 3 is 2.21 bits per heavy atom. The van der Waals surface area contributed by atoms with Crippen molar-refractivity contribution in [3.05, 3.63) is 81.3 Å². The number of rotatable bonds is 3. The molecule has 0 aromatic heterocycles. The zero-order valence-electron chi connectivity index (χ0n) is 20.6. The standard InChI is InChI=1S/C29H33N3O/c1-19(2)26-17-21(25(18-30)31-7)16-22(33-26)9-8-20-14-23-27-24(15-20)29(5,6)11-13-32(27)12-10-28(23,3)4/h8-9,14-17,19H,10-13H2,1-6H3/b9-8+,25-21-. The number of allylic oxidation sites excluding steroid dienone is 6. The van der Waals surface area contributed by atoms with E-state index >= 15 is 0 Å². The van der Waals surface area contributed by atoms with Crippen molar-refractivity contribution in [1.82, 2.24) is 0 Å². The normalized spacial score (nSPS) is 22.0. The monoisotopic (exact) mass is 439 g/mol. The van der Waals surface area contributed by atoms with E-state index in [9.17, 15) is 5.26 Å². The highest BCUT2D eigenvalue weighted by Crippen LogP contribution is 2.49. The first kappa shape index (κ1) is 22.9. The van der Waals surface area contributed by atoms with E-state index in [0.717, 1.165) is 37.3 Å². The van der Waals surface area contributed by atoms with Crippen LogP contribution in [0.1, 0.15) is 71.1 Å². The molecular formula is C29H33N3O. The van der Waals surface area contributed by atoms with Crippen molar-refractivity contribution in [2.75, 3.05) is 18.0 Å². The second kappa shape index (κ2) is 8.27. The zero-order chi connectivity index (χ0) is 24.0. The van der Waals surface area contributed by atoms with E-state index in [1.165, 1.54) is 16.8 Å². The summed E-state index contributed by atoms with van der Waals surface area (Å²) in [5, 5.41) is 9.35. The summed E-state index contributed by atoms with van der Waals surface area (Å²) in [6.45, 7) is 23.1. The van der Waals surface area contributed by atoms with Crippen molar-refractivity contribution < 1.29 is 4.74 Å². The molecule has 0 saturated carbocycles. The third kappa shape index (κ3) is 4.23. The summed E-state index contributed by atoms with van der Waals surface area (Å²) in [5.41, 5.74) is 6.44. The molecule has 3 aliphatic rings. The fourth-order valence-corrected chi connectivity index (χ4v) is 4.94. The van der Waals surface area contributed by atoms with Gasteiger partial charge in [0.05, 0.1) is 12.6 Å². The van der Waals surface area contributed by atoms with E-state index in [-0.39, 0.29) is 22.4 Å². The van der Waals surface area contributed by atoms with Crippen LogP contribution in [0, 0.1) is 23.8 Å². The SMILES string of the molecule is [C-]#[N+]/C(C#N)=C1C=C(/C=C/c2cc3c4c(c2)C(C)(C)CCN4CCC3(C)C)OC(C(C)C)=C/1. The second-order valence-corrected chi connectivity index (χ2v) is 10.9. The molecule has 0 N–H and O–H groups in total. The minimum Gasteiger partial charge on any atom is -0.462 e. The van der Waals surface area contributed by atoms with Gasteiger partial charge >= 0.3 is 0 Å². The number of hydrogen-bond acceptors (Lipinski definition) is 3. The maximum absolute atomic E-state index is 9.35. The van der Waals surface area contributed by atoms with Crippen molar-refractivity contribution >= 4 is 11.8 Å². The van der Waals surface area contributed by atoms with Crippen molar-refractivity contribution in [2.24, 2.45) is 5.92 Å². The van der Waals surface area contributed by atoms with Crippen LogP contribution in [0.2, 0.25) is 0 Å². The van der Waals surface area contributed by atoms with E-state index in [0.29, 0.717) is 11.3 Å². The Hall–Kier alpha value is -3.24. The number of anilines is 1. The average molecular weight is 440 g/mol. The molecule has 0 atom stereocenters. The largest absolute Gasteiger partial charge is 0.462 e. The molecule has 3 heterocycles. The molecule has 0 unspecified atom stereocenters. The van der Waals surface area contributed by atoms with Gasteiger partial charge in [-0.2, -0.15) is 0 Å². The Labute approximate surface area is 198 Å². The van der Waals surface area contributed by atoms with Crippen molar-refractivity contribution in [3.63, 3.8) is 0 Å². The summed E-state index contributed by atoms with van der Waals surface area (Å²) in [5.74, 6) is 1.57. The molecule has 0 saturated heterocycles. The first-order valence-corrected chi connectivity index (χ1v) is 11.8. The van der Waals surface area contributed by atoms with Gasteiger partial charge in [0.1, 0.15) is 11.5 Å². The molecule has 0 spiro atoms. The molecule has 170 valence electrons. The van der Waals surface area contributed by atoms with Gasteiger partial charge in [-0.05, 0) is 76.3 Å². The van der Waals surface area contributed by atoms with Gasteiger partial charge in [0.2, 0.25) is 0 Å². The predicted octanol–water partition coefficient (Wildman–Crippen LogP) is 7.02. The summed E-state index contributed by atoms with van der Waals surface area (Å²) in [6.07, 6.45) is 9.98. The third-order valence-electron chi connectivity index (χ3n) is 7.25. The molecule has 0 amide bonds. The molecule has 4 rings (SSSR count). The molecule has 4 heteroatoms. The van der Waals surface area contributed by atoms with Crippen molar-refractivity contribution in [2.45, 2.75) is 65.2 Å². The quantitative estimate of drug-likeness (QED) is 0.375. The molecule has 33 heavy (non-hydrogen) atoms. The fraction of sp³-hybridized carbons (Fsp3) is 0.448. The highest BCUT2D eigenvalue weighted by molar-refractivity contribution is 5.72. The maximum Gasteiger partial charge on any atom is 0.269 e. The van der Waals surface area contributed by atoms with Gasteiger partial charge in [-0.1, -0.05) is 47.6 Å². The van der Waals surface area contributed by atoms with Gasteiger partial charge in [-0.25, -0.2) is 10.1 Å². The lowest BCUT2D eigenvalue weighted by Crippen LogP contribution is -2.44. The predicted molar refractivity (Wildman–Crippen MR) is 134 cm³/mol. The Balaban J connectivity index is 1.78. The second-order valence-electron chi connectivity index (χ2n) is 10.9. The minimum absolute atomic E-state index is 0.0872. The summed E-state index contributed by atoms with van der Waals surface area (Å²) in [6, 6.07) is 6.68. The Kier molecular flexibility index (Phi) is 5.75. The van der Waals surface area contributed by atoms with Gasteiger partial charge in [-0.15, -0.1) is 0 Å². The lowest BCUT2D eigenvalue weighted by molar-refractivity contribution is 0.275. The topological polar surface area (TPSA) is 40.6 Å². The molecule has 0 aliphatic carbocycles. The van der Waals surface area contributed by atoms with Gasteiger partial charge in [-0.3, -0.25) is 0 Å². The molecule has 1 aromatic rings. The minimum atomic E-state index is 0.0872. The van der Waals surface area contributed by atoms with Crippen LogP contribution in [0.15, 0.2) is 53.1 Å². The fourth-order valence-electron chi connectivity index (χ4n) is 4.94. The summed E-state index contributed by atoms with van der Waals surface area (Å²) in [7, 11) is 0. The van der Waals surface area contributed by atoms with Crippen LogP contribution in [-0.2, 0) is 15.6 Å². The first-order valence-electron chi connectivity index (χ1n) is 11.8. The number of hydrogen-bond donors (Lipinski definition) is 0. The Morgan fingerprint density at radius 1 is 1.09 bits per heavy atom. The van der Waals surface area contributed by atoms with Gasteiger partial charge in [0.15, 0.2) is 0 Å². The number of ether oxygens (including phenoxy) is 1. The van der Waals surface area contributed by atoms with Gasteiger partial charge < -0.3 is 9.64 Å². The van der Waals surface area contributed by atoms with E-state index in [2.05, 4.69) is 55.6 Å². The molecule has 0 radical (unpaired) electrons. The lowest BCUT2D eigenvalue weighted by atomic mass is 9.69. The molecule has 0 bridgehead atoms. The summed E-state index contributed by atoms with van der Waals surface area (Å²) in [4.78, 5) is 5.96. The van der Waals surface area contributed by atoms with Crippen LogP contribution in [0.5, 0.6) is 0 Å². The Morgan fingerprint density at radius 2 is 1.70 bits per heavy atom. The van der Waals surface area contributed by atoms with E-state index < -0.39 is 0 Å². The van der Waals surface area contributed by atoms with Crippen molar-refractivity contribution in [3.8, 4) is 6.07 Å². The highest BCUT2D eigenvalue weighted by Gasteiger charge is 2.39. The van der Waals surface area contributed by atoms with Gasteiger partial charge in [0.25, 0.3) is 5.70 Å². The van der Waals surface area contributed by atoms with E-state index in [1.807, 2.05) is 26.0 Å². The van der Waals surface area contributed by atoms with E-state index in [4.69, 9.17) is 11.3 Å². The summed E-state index contributed by atoms with van der Waals surface area (Å²) < 4.78 is 6.10. The lowest BCUT2D eigenvalue weighted by Gasteiger charge is -2.48. The van der Waals surface area contributed by atoms with Crippen LogP contribution in [-0.4, -0.2) is 13.1 Å². The van der Waals surface area contributed by atoms with Gasteiger partial charge in [0, 0.05) is 24.7 Å². The number of nitrogens with zero attached hydrogens (tertiary/aromatic N) is 3. The van der Waals surface area contributed by atoms with Crippen LogP contribution >= 0.6 is 0 Å². The first-order chi connectivity index (χ1) is 15.6. The molecule has 3 aliphatic heterocycles. The van der Waals surface area contributed by atoms with Crippen LogP contribution in [0.4, 0.5) is 5.69 Å². The number of benzene rings is 1. The number of nitriles is 1. The molecule has 1 aromatic carbocycles. The highest BCUT2D eigenvalue weighted by atomic mass is 16.5. The molecule has 4 nitrogen and oxygen atoms in total. The smallest absolute Gasteiger partial charge is 0.269 e. The van der Waals surface area contributed by atoms with E-state index in [1.54, 1.807) is 12.2 Å². The third-order valence-corrected chi connectivity index (χ3v) is 7.25. The van der Waals surface area contributed by atoms with Crippen molar-refractivity contribution in [1.29, 1.82) is 5.26 Å². The molecular weight excluding hydrogens is 406 g/mol. The average Bonchev–Trinajstić information content (AvgIpc) is 2.77. The van der Waals surface area contributed by atoms with Crippen LogP contribution in [0.25, 0.3) is 10.9 Å². The Bertz CT molecular complexity index is 1140. The summed E-state index contributed by atoms with van der Waals surface area (Å²) >= 11 is 0. The zero-order valence-corrected chi connectivity index (χ0v) is 20.6. The maximum atomic E-state index is 9.35. The van der Waals surface area contributed by atoms with Crippen LogP contribution < -0.4 is 4.90 Å². The van der Waals surface area contributed by atoms with Crippen LogP contribution in [0.3, 0.4) is 0 Å². The molecule has 0 fully saturated rings.